The second-order valence-corrected chi connectivity index (χ2v) is 7.40. The summed E-state index contributed by atoms with van der Waals surface area (Å²) < 4.78 is 10.7. The van der Waals surface area contributed by atoms with Crippen LogP contribution in [0, 0.1) is 0 Å². The fraction of sp³-hybridized carbons (Fsp3) is 0.579. The number of para-hydroxylation sites is 1. The van der Waals surface area contributed by atoms with E-state index in [4.69, 9.17) is 9.47 Å². The lowest BCUT2D eigenvalue weighted by Gasteiger charge is -2.20. The first-order valence-electron chi connectivity index (χ1n) is 8.31. The molecule has 1 aromatic carbocycles. The van der Waals surface area contributed by atoms with E-state index in [1.54, 1.807) is 20.8 Å². The summed E-state index contributed by atoms with van der Waals surface area (Å²) in [5, 5.41) is 2.42. The first-order valence-corrected chi connectivity index (χ1v) is 8.31. The number of benzene rings is 1. The number of carbonyl (C=O) groups is 2. The molecule has 0 spiro atoms. The third-order valence-electron chi connectivity index (χ3n) is 3.31. The third kappa shape index (κ3) is 6.22. The highest BCUT2D eigenvalue weighted by Crippen LogP contribution is 2.34. The van der Waals surface area contributed by atoms with E-state index in [-0.39, 0.29) is 18.4 Å². The molecule has 0 aliphatic rings. The lowest BCUT2D eigenvalue weighted by atomic mass is 9.94. The number of hydrogen-bond donors (Lipinski definition) is 1. The van der Waals surface area contributed by atoms with Crippen LogP contribution >= 0.6 is 0 Å². The number of esters is 1. The number of ether oxygens (including phenoxy) is 2. The maximum Gasteiger partial charge on any atom is 0.408 e. The minimum atomic E-state index is -0.638. The van der Waals surface area contributed by atoms with E-state index < -0.39 is 17.7 Å². The van der Waals surface area contributed by atoms with Gasteiger partial charge in [-0.3, -0.25) is 0 Å². The summed E-state index contributed by atoms with van der Waals surface area (Å²) in [6, 6.07) is 5.89. The summed E-state index contributed by atoms with van der Waals surface area (Å²) in [7, 11) is 0. The molecule has 0 unspecified atom stereocenters. The van der Waals surface area contributed by atoms with Crippen LogP contribution in [0.2, 0.25) is 0 Å². The fourth-order valence-electron chi connectivity index (χ4n) is 2.21. The molecule has 1 aromatic rings. The van der Waals surface area contributed by atoms with E-state index in [2.05, 4.69) is 33.0 Å². The van der Waals surface area contributed by atoms with Gasteiger partial charge in [0.05, 0.1) is 0 Å². The summed E-state index contributed by atoms with van der Waals surface area (Å²) in [6.07, 6.45) is -0.638. The Morgan fingerprint density at radius 2 is 1.54 bits per heavy atom. The average molecular weight is 335 g/mol. The minimum Gasteiger partial charge on any atom is -0.444 e. The highest BCUT2D eigenvalue weighted by Gasteiger charge is 2.20. The Labute approximate surface area is 144 Å². The van der Waals surface area contributed by atoms with Crippen LogP contribution in [0.15, 0.2) is 18.2 Å². The van der Waals surface area contributed by atoms with Crippen molar-refractivity contribution in [3.05, 3.63) is 29.3 Å². The molecule has 0 heterocycles. The van der Waals surface area contributed by atoms with Crippen LogP contribution in [0.25, 0.3) is 0 Å². The molecule has 0 fully saturated rings. The number of amides is 1. The zero-order chi connectivity index (χ0) is 18.5. The van der Waals surface area contributed by atoms with Gasteiger partial charge >= 0.3 is 12.1 Å². The van der Waals surface area contributed by atoms with Crippen LogP contribution in [-0.4, -0.2) is 24.2 Å². The standard InChI is InChI=1S/C19H29NO4/c1-12(2)14-9-8-10-15(13(3)4)17(14)23-16(21)11-20-18(22)24-19(5,6)7/h8-10,12-13H,11H2,1-7H3,(H,20,22). The predicted octanol–water partition coefficient (Wildman–Crippen LogP) is 4.36. The van der Waals surface area contributed by atoms with Gasteiger partial charge in [-0.15, -0.1) is 0 Å². The van der Waals surface area contributed by atoms with Gasteiger partial charge in [0.1, 0.15) is 17.9 Å². The Balaban J connectivity index is 2.81. The SMILES string of the molecule is CC(C)c1cccc(C(C)C)c1OC(=O)CNC(=O)OC(C)(C)C. The Hall–Kier alpha value is -2.04. The number of hydrogen-bond acceptors (Lipinski definition) is 4. The van der Waals surface area contributed by atoms with Crippen LogP contribution in [0.1, 0.15) is 71.4 Å². The van der Waals surface area contributed by atoms with Crippen LogP contribution in [0.4, 0.5) is 4.79 Å². The molecule has 1 amide bonds. The summed E-state index contributed by atoms with van der Waals surface area (Å²) in [6.45, 7) is 13.3. The topological polar surface area (TPSA) is 64.6 Å². The zero-order valence-corrected chi connectivity index (χ0v) is 15.7. The Morgan fingerprint density at radius 1 is 1.04 bits per heavy atom. The molecule has 0 bridgehead atoms. The van der Waals surface area contributed by atoms with Crippen molar-refractivity contribution < 1.29 is 19.1 Å². The molecule has 24 heavy (non-hydrogen) atoms. The number of rotatable bonds is 5. The van der Waals surface area contributed by atoms with E-state index >= 15 is 0 Å². The lowest BCUT2D eigenvalue weighted by Crippen LogP contribution is -2.36. The Morgan fingerprint density at radius 3 is 1.96 bits per heavy atom. The minimum absolute atomic E-state index is 0.227. The second-order valence-electron chi connectivity index (χ2n) is 7.40. The van der Waals surface area contributed by atoms with Crippen molar-refractivity contribution in [1.29, 1.82) is 0 Å². The van der Waals surface area contributed by atoms with Crippen LogP contribution in [0.3, 0.4) is 0 Å². The van der Waals surface area contributed by atoms with E-state index in [0.29, 0.717) is 5.75 Å². The van der Waals surface area contributed by atoms with E-state index in [1.807, 2.05) is 18.2 Å². The average Bonchev–Trinajstić information content (AvgIpc) is 2.43. The monoisotopic (exact) mass is 335 g/mol. The van der Waals surface area contributed by atoms with Gasteiger partial charge < -0.3 is 14.8 Å². The molecule has 0 aliphatic heterocycles. The lowest BCUT2D eigenvalue weighted by molar-refractivity contribution is -0.133. The van der Waals surface area contributed by atoms with Crippen molar-refractivity contribution in [2.45, 2.75) is 65.9 Å². The largest absolute Gasteiger partial charge is 0.444 e. The maximum absolute atomic E-state index is 12.1. The summed E-state index contributed by atoms with van der Waals surface area (Å²) >= 11 is 0. The number of carbonyl (C=O) groups excluding carboxylic acids is 2. The van der Waals surface area contributed by atoms with E-state index in [1.165, 1.54) is 0 Å². The molecular weight excluding hydrogens is 306 g/mol. The molecule has 0 saturated carbocycles. The van der Waals surface area contributed by atoms with Gasteiger partial charge in [-0.05, 0) is 43.7 Å². The van der Waals surface area contributed by atoms with E-state index in [9.17, 15) is 9.59 Å². The molecule has 0 aromatic heterocycles. The fourth-order valence-corrected chi connectivity index (χ4v) is 2.21. The van der Waals surface area contributed by atoms with Gasteiger partial charge in [-0.2, -0.15) is 0 Å². The summed E-state index contributed by atoms with van der Waals surface area (Å²) in [4.78, 5) is 23.8. The van der Waals surface area contributed by atoms with Crippen molar-refractivity contribution in [1.82, 2.24) is 5.32 Å². The zero-order valence-electron chi connectivity index (χ0n) is 15.7. The molecule has 5 nitrogen and oxygen atoms in total. The highest BCUT2D eigenvalue weighted by atomic mass is 16.6. The smallest absolute Gasteiger partial charge is 0.408 e. The van der Waals surface area contributed by atoms with Crippen LogP contribution in [0.5, 0.6) is 5.75 Å². The Kier molecular flexibility index (Phi) is 6.81. The highest BCUT2D eigenvalue weighted by molar-refractivity contribution is 5.80. The van der Waals surface area contributed by atoms with Crippen molar-refractivity contribution in [3.8, 4) is 5.75 Å². The van der Waals surface area contributed by atoms with Gasteiger partial charge in [-0.1, -0.05) is 45.9 Å². The third-order valence-corrected chi connectivity index (χ3v) is 3.31. The van der Waals surface area contributed by atoms with Crippen LogP contribution in [-0.2, 0) is 9.53 Å². The predicted molar refractivity (Wildman–Crippen MR) is 94.5 cm³/mol. The molecule has 5 heteroatoms. The maximum atomic E-state index is 12.1. The summed E-state index contributed by atoms with van der Waals surface area (Å²) in [5.74, 6) is 0.532. The number of nitrogens with one attached hydrogen (secondary N) is 1. The molecule has 0 radical (unpaired) electrons. The van der Waals surface area contributed by atoms with Gasteiger partial charge in [0.25, 0.3) is 0 Å². The molecule has 0 atom stereocenters. The normalized spacial score (nSPS) is 11.5. The first-order chi connectivity index (χ1) is 11.0. The quantitative estimate of drug-likeness (QED) is 0.641. The van der Waals surface area contributed by atoms with Gasteiger partial charge in [0, 0.05) is 0 Å². The molecule has 134 valence electrons. The number of alkyl carbamates (subject to hydrolysis) is 1. The molecule has 1 N–H and O–H groups in total. The molecule has 0 aliphatic carbocycles. The van der Waals surface area contributed by atoms with Gasteiger partial charge in [-0.25, -0.2) is 9.59 Å². The van der Waals surface area contributed by atoms with Crippen molar-refractivity contribution in [2.75, 3.05) is 6.54 Å². The van der Waals surface area contributed by atoms with Crippen molar-refractivity contribution in [3.63, 3.8) is 0 Å². The van der Waals surface area contributed by atoms with E-state index in [0.717, 1.165) is 11.1 Å². The van der Waals surface area contributed by atoms with Crippen LogP contribution < -0.4 is 10.1 Å². The van der Waals surface area contributed by atoms with Gasteiger partial charge in [0.2, 0.25) is 0 Å². The van der Waals surface area contributed by atoms with Crippen molar-refractivity contribution in [2.24, 2.45) is 0 Å². The molecule has 1 rings (SSSR count). The first kappa shape index (κ1) is 20.0. The molecular formula is C19H29NO4. The molecule has 0 saturated heterocycles. The second kappa shape index (κ2) is 8.18. The summed E-state index contributed by atoms with van der Waals surface area (Å²) in [5.41, 5.74) is 1.35. The van der Waals surface area contributed by atoms with Crippen molar-refractivity contribution >= 4 is 12.1 Å². The van der Waals surface area contributed by atoms with Gasteiger partial charge in [0.15, 0.2) is 0 Å². The Bertz CT molecular complexity index is 559.